The molecule has 0 atom stereocenters. The lowest BCUT2D eigenvalue weighted by molar-refractivity contribution is 0.435. The number of sulfone groups is 1. The molecule has 146 valence electrons. The molecule has 1 heterocycles. The van der Waals surface area contributed by atoms with Crippen LogP contribution in [0.4, 0.5) is 0 Å². The van der Waals surface area contributed by atoms with Crippen molar-refractivity contribution in [1.82, 2.24) is 5.32 Å². The quantitative estimate of drug-likeness (QED) is 0.776. The molecule has 0 unspecified atom stereocenters. The molecule has 0 amide bonds. The van der Waals surface area contributed by atoms with Crippen molar-refractivity contribution in [3.63, 3.8) is 0 Å². The Hall–Kier alpha value is -2.41. The molecule has 0 aromatic heterocycles. The van der Waals surface area contributed by atoms with Crippen molar-refractivity contribution in [1.29, 1.82) is 0 Å². The van der Waals surface area contributed by atoms with E-state index in [0.717, 1.165) is 18.6 Å². The standard InChI is InChI=1S/C18H24N4O2S.C2H4/c19-18-17(25(23,24)15-9-5-2-6-10-15)11-12-21-22-16(13-20-18)14-7-3-1-4-8-14;1-2/h2,5-6,9-10,12,14,20H,1,3-4,7-8,11,13,19H2;1-2H2/b18-17+,21-12-,22-16+;. The number of hydrogen-bond donors (Lipinski definition) is 2. The Kier molecular flexibility index (Phi) is 7.79. The number of hydrogen-bond acceptors (Lipinski definition) is 6. The average Bonchev–Trinajstić information content (AvgIpc) is 2.81. The van der Waals surface area contributed by atoms with E-state index in [2.05, 4.69) is 28.7 Å². The van der Waals surface area contributed by atoms with Crippen LogP contribution < -0.4 is 11.1 Å². The Balaban J connectivity index is 0.00000126. The van der Waals surface area contributed by atoms with Crippen LogP contribution in [0.15, 0.2) is 69.3 Å². The summed E-state index contributed by atoms with van der Waals surface area (Å²) in [5.74, 6) is 0.583. The van der Waals surface area contributed by atoms with E-state index in [0.29, 0.717) is 12.5 Å². The van der Waals surface area contributed by atoms with Gasteiger partial charge in [-0.05, 0) is 25.0 Å². The van der Waals surface area contributed by atoms with Gasteiger partial charge in [0.2, 0.25) is 9.84 Å². The summed E-state index contributed by atoms with van der Waals surface area (Å²) < 4.78 is 25.8. The Bertz CT molecular complexity index is 808. The first-order valence-corrected chi connectivity index (χ1v) is 10.7. The largest absolute Gasteiger partial charge is 0.385 e. The van der Waals surface area contributed by atoms with Gasteiger partial charge in [-0.25, -0.2) is 8.42 Å². The number of nitrogens with zero attached hydrogens (tertiary/aromatic N) is 2. The zero-order chi connectivity index (χ0) is 19.7. The van der Waals surface area contributed by atoms with Gasteiger partial charge in [0.15, 0.2) is 0 Å². The Morgan fingerprint density at radius 2 is 1.74 bits per heavy atom. The highest BCUT2D eigenvalue weighted by molar-refractivity contribution is 7.95. The van der Waals surface area contributed by atoms with Gasteiger partial charge in [-0.1, -0.05) is 37.5 Å². The monoisotopic (exact) mass is 388 g/mol. The summed E-state index contributed by atoms with van der Waals surface area (Å²) in [6.07, 6.45) is 7.53. The van der Waals surface area contributed by atoms with Crippen molar-refractivity contribution in [3.8, 4) is 0 Å². The van der Waals surface area contributed by atoms with Gasteiger partial charge in [0.05, 0.1) is 22.1 Å². The fourth-order valence-corrected chi connectivity index (χ4v) is 4.78. The van der Waals surface area contributed by atoms with Crippen LogP contribution in [0.2, 0.25) is 0 Å². The first-order chi connectivity index (χ1) is 13.1. The average molecular weight is 389 g/mol. The highest BCUT2D eigenvalue weighted by Gasteiger charge is 2.25. The third-order valence-electron chi connectivity index (χ3n) is 4.76. The lowest BCUT2D eigenvalue weighted by atomic mass is 9.86. The zero-order valence-corrected chi connectivity index (χ0v) is 16.4. The molecule has 0 saturated heterocycles. The van der Waals surface area contributed by atoms with E-state index in [1.165, 1.54) is 25.5 Å². The minimum Gasteiger partial charge on any atom is -0.385 e. The number of benzene rings is 1. The molecule has 27 heavy (non-hydrogen) atoms. The normalized spacial score (nSPS) is 24.7. The van der Waals surface area contributed by atoms with Gasteiger partial charge in [0.25, 0.3) is 0 Å². The minimum absolute atomic E-state index is 0.123. The second-order valence-electron chi connectivity index (χ2n) is 6.44. The van der Waals surface area contributed by atoms with Gasteiger partial charge in [0, 0.05) is 18.6 Å². The molecule has 2 aliphatic rings. The first-order valence-electron chi connectivity index (χ1n) is 9.20. The SMILES string of the molecule is C=C.N/C1=C(\S(=O)(=O)c2ccccc2)C/C=N\N=C(\C2CCCCC2)CN1. The molecule has 7 heteroatoms. The van der Waals surface area contributed by atoms with E-state index >= 15 is 0 Å². The van der Waals surface area contributed by atoms with Crippen molar-refractivity contribution in [3.05, 3.63) is 54.2 Å². The van der Waals surface area contributed by atoms with Crippen molar-refractivity contribution in [2.75, 3.05) is 6.54 Å². The minimum atomic E-state index is -3.66. The third-order valence-corrected chi connectivity index (χ3v) is 6.69. The predicted molar refractivity (Wildman–Crippen MR) is 111 cm³/mol. The van der Waals surface area contributed by atoms with Crippen LogP contribution in [0.1, 0.15) is 38.5 Å². The third kappa shape index (κ3) is 5.29. The Labute approximate surface area is 161 Å². The Morgan fingerprint density at radius 1 is 1.07 bits per heavy atom. The molecular formula is C20H28N4O2S. The van der Waals surface area contributed by atoms with E-state index in [-0.39, 0.29) is 22.0 Å². The molecular weight excluding hydrogens is 360 g/mol. The summed E-state index contributed by atoms with van der Waals surface area (Å²) in [6, 6.07) is 8.33. The van der Waals surface area contributed by atoms with Crippen molar-refractivity contribution >= 4 is 21.8 Å². The zero-order valence-electron chi connectivity index (χ0n) is 15.6. The molecule has 0 bridgehead atoms. The highest BCUT2D eigenvalue weighted by atomic mass is 32.2. The number of nitrogens with two attached hydrogens (primary N) is 1. The van der Waals surface area contributed by atoms with Crippen LogP contribution in [0, 0.1) is 5.92 Å². The highest BCUT2D eigenvalue weighted by Crippen LogP contribution is 2.26. The number of nitrogens with one attached hydrogen (secondary N) is 1. The molecule has 1 aromatic carbocycles. The lowest BCUT2D eigenvalue weighted by Crippen LogP contribution is -2.33. The maximum Gasteiger partial charge on any atom is 0.206 e. The van der Waals surface area contributed by atoms with Crippen LogP contribution in [0.3, 0.4) is 0 Å². The summed E-state index contributed by atoms with van der Waals surface area (Å²) >= 11 is 0. The van der Waals surface area contributed by atoms with E-state index in [9.17, 15) is 8.42 Å². The fourth-order valence-electron chi connectivity index (χ4n) is 3.33. The van der Waals surface area contributed by atoms with Crippen LogP contribution in [-0.2, 0) is 9.84 Å². The van der Waals surface area contributed by atoms with Crippen LogP contribution in [0.25, 0.3) is 0 Å². The molecule has 1 fully saturated rings. The molecule has 1 aliphatic heterocycles. The van der Waals surface area contributed by atoms with E-state index in [4.69, 9.17) is 5.73 Å². The fraction of sp³-hybridized carbons (Fsp3) is 0.400. The molecule has 6 nitrogen and oxygen atoms in total. The second-order valence-corrected chi connectivity index (χ2v) is 8.41. The first kappa shape index (κ1) is 20.9. The molecule has 3 N–H and O–H groups in total. The van der Waals surface area contributed by atoms with Crippen molar-refractivity contribution < 1.29 is 8.42 Å². The van der Waals surface area contributed by atoms with Gasteiger partial charge in [-0.15, -0.1) is 13.2 Å². The maximum absolute atomic E-state index is 12.9. The summed E-state index contributed by atoms with van der Waals surface area (Å²) in [6.45, 7) is 6.43. The van der Waals surface area contributed by atoms with Crippen LogP contribution in [-0.4, -0.2) is 26.9 Å². The maximum atomic E-state index is 12.9. The van der Waals surface area contributed by atoms with E-state index in [1.807, 2.05) is 0 Å². The van der Waals surface area contributed by atoms with Gasteiger partial charge in [0.1, 0.15) is 5.82 Å². The Morgan fingerprint density at radius 3 is 2.41 bits per heavy atom. The lowest BCUT2D eigenvalue weighted by Gasteiger charge is -2.23. The molecule has 1 aliphatic carbocycles. The van der Waals surface area contributed by atoms with Gasteiger partial charge in [-0.3, -0.25) is 0 Å². The molecule has 0 spiro atoms. The smallest absolute Gasteiger partial charge is 0.206 e. The molecule has 3 rings (SSSR count). The predicted octanol–water partition coefficient (Wildman–Crippen LogP) is 3.39. The van der Waals surface area contributed by atoms with Gasteiger partial charge >= 0.3 is 0 Å². The number of rotatable bonds is 3. The summed E-state index contributed by atoms with van der Waals surface area (Å²) in [5.41, 5.74) is 7.06. The molecule has 0 radical (unpaired) electrons. The van der Waals surface area contributed by atoms with Gasteiger partial charge in [-0.2, -0.15) is 10.2 Å². The van der Waals surface area contributed by atoms with E-state index in [1.54, 1.807) is 30.3 Å². The second kappa shape index (κ2) is 10.1. The number of allylic oxidation sites excluding steroid dienone is 1. The van der Waals surface area contributed by atoms with Crippen molar-refractivity contribution in [2.24, 2.45) is 21.9 Å². The summed E-state index contributed by atoms with van der Waals surface area (Å²) in [5, 5.41) is 11.5. The van der Waals surface area contributed by atoms with E-state index < -0.39 is 9.84 Å². The summed E-state index contributed by atoms with van der Waals surface area (Å²) in [7, 11) is -3.66. The molecule has 1 saturated carbocycles. The van der Waals surface area contributed by atoms with Crippen LogP contribution >= 0.6 is 0 Å². The summed E-state index contributed by atoms with van der Waals surface area (Å²) in [4.78, 5) is 0.373. The van der Waals surface area contributed by atoms with Gasteiger partial charge < -0.3 is 11.1 Å². The van der Waals surface area contributed by atoms with Crippen LogP contribution in [0.5, 0.6) is 0 Å². The molecule has 1 aromatic rings. The van der Waals surface area contributed by atoms with Crippen molar-refractivity contribution in [2.45, 2.75) is 43.4 Å². The topological polar surface area (TPSA) is 96.9 Å².